The first kappa shape index (κ1) is 18.8. The van der Waals surface area contributed by atoms with Crippen molar-refractivity contribution < 1.29 is 0 Å². The minimum absolute atomic E-state index is 0.121. The Hall–Kier alpha value is -2.95. The normalized spacial score (nSPS) is 19.6. The Morgan fingerprint density at radius 3 is 2.52 bits per heavy atom. The van der Waals surface area contributed by atoms with Crippen molar-refractivity contribution in [2.75, 3.05) is 5.01 Å². The van der Waals surface area contributed by atoms with E-state index in [0.29, 0.717) is 5.92 Å². The molecule has 152 valence electrons. The summed E-state index contributed by atoms with van der Waals surface area (Å²) in [5, 5.41) is 11.1. The van der Waals surface area contributed by atoms with Crippen molar-refractivity contribution in [1.29, 1.82) is 0 Å². The number of benzene rings is 3. The highest BCUT2D eigenvalue weighted by Gasteiger charge is 2.42. The molecule has 0 amide bonds. The zero-order valence-electron chi connectivity index (χ0n) is 16.8. The van der Waals surface area contributed by atoms with Crippen molar-refractivity contribution in [1.82, 2.24) is 4.98 Å². The molecule has 6 rings (SSSR count). The lowest BCUT2D eigenvalue weighted by atomic mass is 9.77. The van der Waals surface area contributed by atoms with Gasteiger partial charge >= 0.3 is 0 Å². The Labute approximate surface area is 190 Å². The van der Waals surface area contributed by atoms with Crippen molar-refractivity contribution in [3.8, 4) is 11.3 Å². The fourth-order valence-electron chi connectivity index (χ4n) is 4.73. The van der Waals surface area contributed by atoms with Gasteiger partial charge < -0.3 is 0 Å². The largest absolute Gasteiger partial charge is 0.231 e. The molecule has 1 aliphatic carbocycles. The van der Waals surface area contributed by atoms with Crippen molar-refractivity contribution in [2.45, 2.75) is 18.9 Å². The van der Waals surface area contributed by atoms with Gasteiger partial charge in [0.05, 0.1) is 17.4 Å². The van der Waals surface area contributed by atoms with Gasteiger partial charge in [0.2, 0.25) is 5.13 Å². The maximum atomic E-state index is 6.19. The molecule has 1 aliphatic heterocycles. The fourth-order valence-corrected chi connectivity index (χ4v) is 5.67. The topological polar surface area (TPSA) is 28.5 Å². The molecule has 0 fully saturated rings. The predicted octanol–water partition coefficient (Wildman–Crippen LogP) is 6.99. The van der Waals surface area contributed by atoms with Crippen LogP contribution in [0.4, 0.5) is 5.13 Å². The van der Waals surface area contributed by atoms with Crippen LogP contribution in [0.2, 0.25) is 5.02 Å². The Kier molecular flexibility index (Phi) is 4.62. The van der Waals surface area contributed by atoms with Gasteiger partial charge in [-0.05, 0) is 36.1 Å². The predicted molar refractivity (Wildman–Crippen MR) is 129 cm³/mol. The highest BCUT2D eigenvalue weighted by atomic mass is 35.5. The van der Waals surface area contributed by atoms with E-state index in [2.05, 4.69) is 58.9 Å². The molecule has 31 heavy (non-hydrogen) atoms. The van der Waals surface area contributed by atoms with Gasteiger partial charge in [0.15, 0.2) is 0 Å². The molecule has 0 saturated heterocycles. The summed E-state index contributed by atoms with van der Waals surface area (Å²) in [6, 6.07) is 27.3. The lowest BCUT2D eigenvalue weighted by molar-refractivity contribution is 0.509. The van der Waals surface area contributed by atoms with Gasteiger partial charge in [-0.3, -0.25) is 0 Å². The minimum atomic E-state index is 0.121. The molecule has 0 radical (unpaired) electrons. The average molecular weight is 442 g/mol. The van der Waals surface area contributed by atoms with E-state index < -0.39 is 0 Å². The first-order valence-electron chi connectivity index (χ1n) is 10.5. The summed E-state index contributed by atoms with van der Waals surface area (Å²) in [6.45, 7) is 0. The highest BCUT2D eigenvalue weighted by molar-refractivity contribution is 7.14. The minimum Gasteiger partial charge on any atom is -0.231 e. The standard InChI is InChI=1S/C26H20ClN3S/c27-20-13-10-19(11-14-20)25-22-15-12-17-6-4-5-9-21(17)24(22)29-30(25)26-28-23(16-31-26)18-7-2-1-3-8-18/h1-11,13-14,16,22,25H,12,15H2/t22-,25+/m0/s1. The summed E-state index contributed by atoms with van der Waals surface area (Å²) in [4.78, 5) is 4.98. The number of fused-ring (bicyclic) bond motifs is 3. The van der Waals surface area contributed by atoms with Crippen molar-refractivity contribution in [3.05, 3.63) is 106 Å². The van der Waals surface area contributed by atoms with E-state index in [4.69, 9.17) is 21.7 Å². The van der Waals surface area contributed by atoms with Gasteiger partial charge in [-0.15, -0.1) is 11.3 Å². The molecule has 4 aromatic rings. The number of nitrogens with zero attached hydrogens (tertiary/aromatic N) is 3. The molecule has 0 unspecified atom stereocenters. The number of aryl methyl sites for hydroxylation is 1. The fraction of sp³-hybridized carbons (Fsp3) is 0.154. The molecule has 0 N–H and O–H groups in total. The molecule has 2 heterocycles. The molecule has 1 aromatic heterocycles. The third-order valence-corrected chi connectivity index (χ3v) is 7.28. The van der Waals surface area contributed by atoms with E-state index in [1.807, 2.05) is 30.3 Å². The molecule has 2 aliphatic rings. The maximum Gasteiger partial charge on any atom is 0.207 e. The van der Waals surface area contributed by atoms with Crippen LogP contribution in [-0.4, -0.2) is 10.7 Å². The van der Waals surface area contributed by atoms with Gasteiger partial charge in [0.25, 0.3) is 0 Å². The van der Waals surface area contributed by atoms with E-state index in [-0.39, 0.29) is 6.04 Å². The van der Waals surface area contributed by atoms with Crippen LogP contribution in [-0.2, 0) is 6.42 Å². The maximum absolute atomic E-state index is 6.19. The summed E-state index contributed by atoms with van der Waals surface area (Å²) in [5.74, 6) is 0.333. The van der Waals surface area contributed by atoms with Crippen LogP contribution in [0.15, 0.2) is 89.3 Å². The van der Waals surface area contributed by atoms with Crippen LogP contribution < -0.4 is 5.01 Å². The van der Waals surface area contributed by atoms with Gasteiger partial charge in [0, 0.05) is 27.4 Å². The van der Waals surface area contributed by atoms with E-state index in [9.17, 15) is 0 Å². The zero-order chi connectivity index (χ0) is 20.8. The first-order chi connectivity index (χ1) is 15.3. The second-order valence-corrected chi connectivity index (χ2v) is 9.28. The SMILES string of the molecule is Clc1ccc([C@@H]2[C@H]3CCc4ccccc4C3=NN2c2nc(-c3ccccc3)cs2)cc1. The Morgan fingerprint density at radius 1 is 0.903 bits per heavy atom. The van der Waals surface area contributed by atoms with Crippen LogP contribution >= 0.6 is 22.9 Å². The summed E-state index contributed by atoms with van der Waals surface area (Å²) in [7, 11) is 0. The quantitative estimate of drug-likeness (QED) is 0.342. The number of rotatable bonds is 3. The van der Waals surface area contributed by atoms with Crippen LogP contribution in [0.25, 0.3) is 11.3 Å². The molecule has 0 saturated carbocycles. The van der Waals surface area contributed by atoms with Crippen molar-refractivity contribution in [3.63, 3.8) is 0 Å². The third kappa shape index (κ3) is 3.27. The Balaban J connectivity index is 1.46. The molecule has 2 atom stereocenters. The van der Waals surface area contributed by atoms with E-state index >= 15 is 0 Å². The molecule has 0 spiro atoms. The third-order valence-electron chi connectivity index (χ3n) is 6.20. The summed E-state index contributed by atoms with van der Waals surface area (Å²) in [6.07, 6.45) is 2.15. The van der Waals surface area contributed by atoms with E-state index in [1.165, 1.54) is 22.4 Å². The van der Waals surface area contributed by atoms with Crippen LogP contribution in [0.5, 0.6) is 0 Å². The second-order valence-electron chi connectivity index (χ2n) is 8.01. The summed E-state index contributed by atoms with van der Waals surface area (Å²) in [5.41, 5.74) is 7.19. The first-order valence-corrected chi connectivity index (χ1v) is 11.8. The second kappa shape index (κ2) is 7.63. The lowest BCUT2D eigenvalue weighted by Crippen LogP contribution is -2.28. The molecule has 5 heteroatoms. The Morgan fingerprint density at radius 2 is 1.68 bits per heavy atom. The molecular formula is C26H20ClN3S. The Bertz CT molecular complexity index is 1260. The van der Waals surface area contributed by atoms with Crippen molar-refractivity contribution >= 4 is 33.8 Å². The van der Waals surface area contributed by atoms with Crippen LogP contribution in [0.1, 0.15) is 29.2 Å². The molecular weight excluding hydrogens is 422 g/mol. The van der Waals surface area contributed by atoms with Crippen LogP contribution in [0.3, 0.4) is 0 Å². The number of anilines is 1. The van der Waals surface area contributed by atoms with E-state index in [1.54, 1.807) is 11.3 Å². The van der Waals surface area contributed by atoms with Crippen LogP contribution in [0, 0.1) is 5.92 Å². The summed E-state index contributed by atoms with van der Waals surface area (Å²) < 4.78 is 0. The molecule has 3 aromatic carbocycles. The number of aromatic nitrogens is 1. The van der Waals surface area contributed by atoms with Gasteiger partial charge in [-0.2, -0.15) is 5.10 Å². The van der Waals surface area contributed by atoms with Gasteiger partial charge in [0.1, 0.15) is 0 Å². The molecule has 0 bridgehead atoms. The van der Waals surface area contributed by atoms with Gasteiger partial charge in [-0.1, -0.05) is 78.3 Å². The number of halogens is 1. The number of hydrazone groups is 1. The highest BCUT2D eigenvalue weighted by Crippen LogP contribution is 2.46. The number of hydrogen-bond donors (Lipinski definition) is 0. The lowest BCUT2D eigenvalue weighted by Gasteiger charge is -2.29. The smallest absolute Gasteiger partial charge is 0.207 e. The zero-order valence-corrected chi connectivity index (χ0v) is 18.4. The monoisotopic (exact) mass is 441 g/mol. The number of thiazole rings is 1. The van der Waals surface area contributed by atoms with Crippen molar-refractivity contribution in [2.24, 2.45) is 11.0 Å². The molecule has 3 nitrogen and oxygen atoms in total. The van der Waals surface area contributed by atoms with Gasteiger partial charge in [-0.25, -0.2) is 9.99 Å². The average Bonchev–Trinajstić information content (AvgIpc) is 3.45. The van der Waals surface area contributed by atoms with E-state index in [0.717, 1.165) is 34.3 Å². The number of hydrogen-bond acceptors (Lipinski definition) is 4. The summed E-state index contributed by atoms with van der Waals surface area (Å²) >= 11 is 7.85.